The van der Waals surface area contributed by atoms with Gasteiger partial charge in [-0.15, -0.1) is 23.2 Å². The van der Waals surface area contributed by atoms with Gasteiger partial charge in [-0.1, -0.05) is 19.1 Å². The summed E-state index contributed by atoms with van der Waals surface area (Å²) in [6, 6.07) is 8.53. The van der Waals surface area contributed by atoms with Crippen LogP contribution in [-0.2, 0) is 20.7 Å². The van der Waals surface area contributed by atoms with Crippen molar-refractivity contribution in [3.63, 3.8) is 0 Å². The Labute approximate surface area is 251 Å². The number of alkyl halides is 2. The number of hydrogen-bond donors (Lipinski definition) is 1. The van der Waals surface area contributed by atoms with Crippen LogP contribution in [0.15, 0.2) is 24.3 Å². The van der Waals surface area contributed by atoms with Crippen molar-refractivity contribution in [1.29, 1.82) is 0 Å². The summed E-state index contributed by atoms with van der Waals surface area (Å²) >= 11 is 11.9. The summed E-state index contributed by atoms with van der Waals surface area (Å²) in [6.07, 6.45) is 11.9. The van der Waals surface area contributed by atoms with E-state index in [4.69, 9.17) is 27.9 Å². The Bertz CT molecular complexity index is 1030. The van der Waals surface area contributed by atoms with Crippen LogP contribution >= 0.6 is 23.2 Å². The molecular weight excluding hydrogens is 543 g/mol. The van der Waals surface area contributed by atoms with Gasteiger partial charge >= 0.3 is 5.97 Å². The van der Waals surface area contributed by atoms with Gasteiger partial charge in [-0.25, -0.2) is 0 Å². The molecule has 1 amide bonds. The number of carbonyl (C=O) groups excluding carboxylic acids is 2. The van der Waals surface area contributed by atoms with Gasteiger partial charge in [0.25, 0.3) is 0 Å². The van der Waals surface area contributed by atoms with Crippen molar-refractivity contribution in [3.8, 4) is 0 Å². The standard InChI is InChI=1S/C33H48Cl2N2O3/c1-32-16-14-26(22-24(32)8-11-27-28(32)15-17-33(2)29(27)12-13-30(38)36-33)40-31(39)5-3-4-23-6-9-25(10-7-23)37(20-18-34)21-19-35/h6-7,9-10,24,26-29H,3-5,8,11-22H2,1-2H3,(H,36,38)/t24-,26-,27+,28-,29-,32-,33-/m0/s1. The van der Waals surface area contributed by atoms with Gasteiger partial charge in [0.1, 0.15) is 6.10 Å². The van der Waals surface area contributed by atoms with Crippen molar-refractivity contribution in [1.82, 2.24) is 5.32 Å². The molecule has 1 aromatic rings. The summed E-state index contributed by atoms with van der Waals surface area (Å²) in [5.41, 5.74) is 2.70. The number of piperidine rings is 1. The molecule has 1 heterocycles. The molecule has 4 aliphatic rings. The van der Waals surface area contributed by atoms with E-state index in [-0.39, 0.29) is 23.5 Å². The summed E-state index contributed by atoms with van der Waals surface area (Å²) in [5, 5.41) is 3.38. The number of amides is 1. The molecule has 7 atom stereocenters. The van der Waals surface area contributed by atoms with Crippen molar-refractivity contribution in [2.45, 2.75) is 103 Å². The van der Waals surface area contributed by atoms with Crippen LogP contribution in [0.4, 0.5) is 5.69 Å². The molecule has 1 saturated heterocycles. The van der Waals surface area contributed by atoms with Crippen LogP contribution in [0.3, 0.4) is 0 Å². The highest BCUT2D eigenvalue weighted by Gasteiger charge is 2.58. The minimum Gasteiger partial charge on any atom is -0.462 e. The topological polar surface area (TPSA) is 58.6 Å². The largest absolute Gasteiger partial charge is 0.462 e. The highest BCUT2D eigenvalue weighted by Crippen LogP contribution is 2.62. The van der Waals surface area contributed by atoms with E-state index in [0.717, 1.165) is 75.6 Å². The van der Waals surface area contributed by atoms with Gasteiger partial charge in [0.15, 0.2) is 0 Å². The summed E-state index contributed by atoms with van der Waals surface area (Å²) < 4.78 is 6.06. The Morgan fingerprint density at radius 2 is 1.75 bits per heavy atom. The first-order chi connectivity index (χ1) is 19.3. The lowest BCUT2D eigenvalue weighted by Gasteiger charge is -2.62. The average molecular weight is 592 g/mol. The van der Waals surface area contributed by atoms with Crippen molar-refractivity contribution < 1.29 is 14.3 Å². The molecule has 1 N–H and O–H groups in total. The van der Waals surface area contributed by atoms with Crippen LogP contribution < -0.4 is 10.2 Å². The van der Waals surface area contributed by atoms with Crippen LogP contribution in [-0.4, -0.2) is 48.4 Å². The number of benzene rings is 1. The zero-order chi connectivity index (χ0) is 28.3. The number of nitrogens with one attached hydrogen (secondary N) is 1. The van der Waals surface area contributed by atoms with Gasteiger partial charge in [0.2, 0.25) is 5.91 Å². The monoisotopic (exact) mass is 590 g/mol. The number of ether oxygens (including phenoxy) is 1. The SMILES string of the molecule is C[C@]12CC[C@H](OC(=O)CCCc3ccc(N(CCCl)CCCl)cc3)C[C@@H]1CC[C@@H]1[C@@H]2CC[C@]2(C)NC(=O)CC[C@@H]12. The van der Waals surface area contributed by atoms with E-state index in [1.165, 1.54) is 24.8 Å². The predicted octanol–water partition coefficient (Wildman–Crippen LogP) is 7.12. The maximum atomic E-state index is 12.8. The Hall–Kier alpha value is -1.46. The second kappa shape index (κ2) is 12.8. The van der Waals surface area contributed by atoms with Crippen LogP contribution in [0.5, 0.6) is 0 Å². The van der Waals surface area contributed by atoms with Crippen molar-refractivity contribution in [2.75, 3.05) is 29.7 Å². The molecule has 0 aromatic heterocycles. The normalized spacial score (nSPS) is 35.1. The lowest BCUT2D eigenvalue weighted by atomic mass is 9.45. The number of halogens is 2. The Kier molecular flexibility index (Phi) is 9.62. The van der Waals surface area contributed by atoms with E-state index in [1.807, 2.05) is 0 Å². The third-order valence-electron chi connectivity index (χ3n) is 11.3. The van der Waals surface area contributed by atoms with Crippen LogP contribution in [0.2, 0.25) is 0 Å². The summed E-state index contributed by atoms with van der Waals surface area (Å²) in [7, 11) is 0. The van der Waals surface area contributed by atoms with E-state index < -0.39 is 0 Å². The number of anilines is 1. The molecule has 1 aromatic carbocycles. The number of rotatable bonds is 10. The van der Waals surface area contributed by atoms with Gasteiger partial charge in [0, 0.05) is 48.9 Å². The lowest BCUT2D eigenvalue weighted by molar-refractivity contribution is -0.163. The number of esters is 1. The zero-order valence-corrected chi connectivity index (χ0v) is 25.9. The fourth-order valence-electron chi connectivity index (χ4n) is 9.13. The number of nitrogens with zero attached hydrogens (tertiary/aromatic N) is 1. The van der Waals surface area contributed by atoms with Gasteiger partial charge in [-0.3, -0.25) is 9.59 Å². The number of hydrogen-bond acceptors (Lipinski definition) is 4. The smallest absolute Gasteiger partial charge is 0.306 e. The van der Waals surface area contributed by atoms with E-state index >= 15 is 0 Å². The van der Waals surface area contributed by atoms with Gasteiger partial charge in [-0.2, -0.15) is 0 Å². The molecule has 4 fully saturated rings. The maximum Gasteiger partial charge on any atom is 0.306 e. The summed E-state index contributed by atoms with van der Waals surface area (Å²) in [6.45, 7) is 6.39. The first-order valence-electron chi connectivity index (χ1n) is 15.7. The molecule has 0 radical (unpaired) electrons. The molecule has 3 aliphatic carbocycles. The number of fused-ring (bicyclic) bond motifs is 5. The number of aryl methyl sites for hydroxylation is 1. The summed E-state index contributed by atoms with van der Waals surface area (Å²) in [5.74, 6) is 4.05. The van der Waals surface area contributed by atoms with Crippen LogP contribution in [0.1, 0.15) is 90.0 Å². The first-order valence-corrected chi connectivity index (χ1v) is 16.8. The highest BCUT2D eigenvalue weighted by atomic mass is 35.5. The van der Waals surface area contributed by atoms with Gasteiger partial charge in [-0.05, 0) is 118 Å². The van der Waals surface area contributed by atoms with Gasteiger partial charge in [0.05, 0.1) is 0 Å². The molecule has 0 unspecified atom stereocenters. The molecule has 40 heavy (non-hydrogen) atoms. The Balaban J connectivity index is 1.08. The minimum atomic E-state index is -0.0410. The Morgan fingerprint density at radius 1 is 1.00 bits per heavy atom. The molecular formula is C33H48Cl2N2O3. The zero-order valence-electron chi connectivity index (χ0n) is 24.4. The van der Waals surface area contributed by atoms with E-state index in [1.54, 1.807) is 0 Å². The number of carbonyl (C=O) groups is 2. The fraction of sp³-hybridized carbons (Fsp3) is 0.758. The second-order valence-electron chi connectivity index (χ2n) is 13.5. The van der Waals surface area contributed by atoms with Crippen LogP contribution in [0.25, 0.3) is 0 Å². The molecule has 5 rings (SSSR count). The van der Waals surface area contributed by atoms with Crippen molar-refractivity contribution >= 4 is 40.8 Å². The van der Waals surface area contributed by atoms with E-state index in [0.29, 0.717) is 41.9 Å². The lowest BCUT2D eigenvalue weighted by Crippen LogP contribution is -2.63. The molecule has 3 saturated carbocycles. The van der Waals surface area contributed by atoms with Crippen molar-refractivity contribution in [3.05, 3.63) is 29.8 Å². The molecule has 222 valence electrons. The average Bonchev–Trinajstić information content (AvgIpc) is 2.93. The van der Waals surface area contributed by atoms with E-state index in [9.17, 15) is 9.59 Å². The third kappa shape index (κ3) is 6.31. The fourth-order valence-corrected chi connectivity index (χ4v) is 9.54. The van der Waals surface area contributed by atoms with Crippen molar-refractivity contribution in [2.24, 2.45) is 29.1 Å². The minimum absolute atomic E-state index is 0.0106. The molecule has 1 aliphatic heterocycles. The predicted molar refractivity (Wildman–Crippen MR) is 163 cm³/mol. The van der Waals surface area contributed by atoms with Gasteiger partial charge < -0.3 is 15.0 Å². The molecule has 0 spiro atoms. The quantitative estimate of drug-likeness (QED) is 0.233. The Morgan fingerprint density at radius 3 is 2.48 bits per heavy atom. The first kappa shape index (κ1) is 30.0. The van der Waals surface area contributed by atoms with E-state index in [2.05, 4.69) is 48.3 Å². The highest BCUT2D eigenvalue weighted by molar-refractivity contribution is 6.18. The second-order valence-corrected chi connectivity index (χ2v) is 14.2. The maximum absolute atomic E-state index is 12.8. The molecule has 5 nitrogen and oxygen atoms in total. The van der Waals surface area contributed by atoms with Crippen LogP contribution in [0, 0.1) is 29.1 Å². The molecule has 0 bridgehead atoms. The molecule has 7 heteroatoms. The third-order valence-corrected chi connectivity index (χ3v) is 11.6. The summed E-state index contributed by atoms with van der Waals surface area (Å²) in [4.78, 5) is 27.1.